The van der Waals surface area contributed by atoms with Gasteiger partial charge in [0.15, 0.2) is 5.78 Å². The van der Waals surface area contributed by atoms with Gasteiger partial charge >= 0.3 is 0 Å². The minimum Gasteiger partial charge on any atom is -0.490 e. The molecule has 0 N–H and O–H groups in total. The second-order valence-corrected chi connectivity index (χ2v) is 5.15. The highest BCUT2D eigenvalue weighted by atomic mass is 16.5. The molecule has 3 nitrogen and oxygen atoms in total. The van der Waals surface area contributed by atoms with Gasteiger partial charge in [0.2, 0.25) is 0 Å². The van der Waals surface area contributed by atoms with E-state index in [4.69, 9.17) is 4.74 Å². The van der Waals surface area contributed by atoms with E-state index in [1.54, 1.807) is 6.07 Å². The van der Waals surface area contributed by atoms with E-state index < -0.39 is 0 Å². The summed E-state index contributed by atoms with van der Waals surface area (Å²) in [7, 11) is 0. The minimum atomic E-state index is -0.132. The van der Waals surface area contributed by atoms with Crippen molar-refractivity contribution in [1.82, 2.24) is 0 Å². The molecule has 0 aliphatic heterocycles. The summed E-state index contributed by atoms with van der Waals surface area (Å²) in [5, 5.41) is 0. The first-order chi connectivity index (χ1) is 9.62. The van der Waals surface area contributed by atoms with Crippen LogP contribution in [0, 0.1) is 6.92 Å². The molecule has 0 atom stereocenters. The highest BCUT2D eigenvalue weighted by Gasteiger charge is 2.19. The molecule has 0 amide bonds. The smallest absolute Gasteiger partial charge is 0.170 e. The first kappa shape index (κ1) is 16.4. The first-order valence-electron chi connectivity index (χ1n) is 7.36. The number of ketones is 1. The SMILES string of the molecule is CCC.Cc1cc(OC2CCC2)ccc1C(=O)CC=O. The van der Waals surface area contributed by atoms with Crippen molar-refractivity contribution >= 4 is 12.1 Å². The third kappa shape index (κ3) is 4.80. The molecular formula is C17H24O3. The van der Waals surface area contributed by atoms with Gasteiger partial charge in [0.1, 0.15) is 12.0 Å². The van der Waals surface area contributed by atoms with Gasteiger partial charge in [0.25, 0.3) is 0 Å². The van der Waals surface area contributed by atoms with Crippen LogP contribution in [0.1, 0.15) is 61.9 Å². The monoisotopic (exact) mass is 276 g/mol. The average Bonchev–Trinajstić information content (AvgIpc) is 2.35. The molecule has 1 saturated carbocycles. The second-order valence-electron chi connectivity index (χ2n) is 5.15. The largest absolute Gasteiger partial charge is 0.490 e. The fraction of sp³-hybridized carbons (Fsp3) is 0.529. The molecule has 1 aliphatic carbocycles. The van der Waals surface area contributed by atoms with Crippen molar-refractivity contribution < 1.29 is 14.3 Å². The van der Waals surface area contributed by atoms with Crippen molar-refractivity contribution in [2.45, 2.75) is 59.0 Å². The maximum Gasteiger partial charge on any atom is 0.170 e. The summed E-state index contributed by atoms with van der Waals surface area (Å²) < 4.78 is 5.74. The van der Waals surface area contributed by atoms with Crippen molar-refractivity contribution in [2.75, 3.05) is 0 Å². The van der Waals surface area contributed by atoms with Gasteiger partial charge in [0.05, 0.1) is 12.5 Å². The van der Waals surface area contributed by atoms with Gasteiger partial charge in [-0.1, -0.05) is 20.3 Å². The van der Waals surface area contributed by atoms with Gasteiger partial charge in [-0.25, -0.2) is 0 Å². The number of aryl methyl sites for hydroxylation is 1. The summed E-state index contributed by atoms with van der Waals surface area (Å²) in [6.07, 6.45) is 5.64. The number of ether oxygens (including phenoxy) is 1. The van der Waals surface area contributed by atoms with Gasteiger partial charge in [-0.05, 0) is 49.9 Å². The summed E-state index contributed by atoms with van der Waals surface area (Å²) in [5.74, 6) is 0.683. The highest BCUT2D eigenvalue weighted by molar-refractivity contribution is 6.03. The zero-order valence-corrected chi connectivity index (χ0v) is 12.6. The Labute approximate surface area is 121 Å². The van der Waals surface area contributed by atoms with Crippen molar-refractivity contribution in [2.24, 2.45) is 0 Å². The van der Waals surface area contributed by atoms with Crippen molar-refractivity contribution in [3.8, 4) is 5.75 Å². The lowest BCUT2D eigenvalue weighted by Gasteiger charge is -2.26. The number of carbonyl (C=O) groups excluding carboxylic acids is 2. The molecule has 0 saturated heterocycles. The number of benzene rings is 1. The zero-order valence-electron chi connectivity index (χ0n) is 12.6. The van der Waals surface area contributed by atoms with E-state index in [0.29, 0.717) is 18.0 Å². The van der Waals surface area contributed by atoms with Crippen molar-refractivity contribution in [3.05, 3.63) is 29.3 Å². The van der Waals surface area contributed by atoms with E-state index in [1.807, 2.05) is 19.1 Å². The third-order valence-corrected chi connectivity index (χ3v) is 3.12. The van der Waals surface area contributed by atoms with Crippen molar-refractivity contribution in [1.29, 1.82) is 0 Å². The molecule has 3 heteroatoms. The topological polar surface area (TPSA) is 43.4 Å². The molecule has 1 fully saturated rings. The number of aldehydes is 1. The number of carbonyl (C=O) groups is 2. The predicted molar refractivity (Wildman–Crippen MR) is 80.4 cm³/mol. The van der Waals surface area contributed by atoms with Crippen LogP contribution in [0.2, 0.25) is 0 Å². The van der Waals surface area contributed by atoms with Crippen LogP contribution in [0.15, 0.2) is 18.2 Å². The summed E-state index contributed by atoms with van der Waals surface area (Å²) >= 11 is 0. The zero-order chi connectivity index (χ0) is 15.0. The molecule has 0 heterocycles. The van der Waals surface area contributed by atoms with E-state index in [-0.39, 0.29) is 12.2 Å². The Morgan fingerprint density at radius 1 is 1.35 bits per heavy atom. The number of rotatable bonds is 5. The van der Waals surface area contributed by atoms with Crippen LogP contribution >= 0.6 is 0 Å². The van der Waals surface area contributed by atoms with Gasteiger partial charge < -0.3 is 9.53 Å². The molecule has 0 aromatic heterocycles. The normalized spacial score (nSPS) is 13.8. The van der Waals surface area contributed by atoms with Gasteiger partial charge in [-0.15, -0.1) is 0 Å². The van der Waals surface area contributed by atoms with E-state index in [1.165, 1.54) is 12.8 Å². The quantitative estimate of drug-likeness (QED) is 0.461. The fourth-order valence-corrected chi connectivity index (χ4v) is 1.89. The van der Waals surface area contributed by atoms with E-state index in [2.05, 4.69) is 13.8 Å². The minimum absolute atomic E-state index is 0.0519. The lowest BCUT2D eigenvalue weighted by Crippen LogP contribution is -2.24. The van der Waals surface area contributed by atoms with Crippen LogP contribution in [0.4, 0.5) is 0 Å². The lowest BCUT2D eigenvalue weighted by atomic mass is 9.96. The molecular weight excluding hydrogens is 252 g/mol. The van der Waals surface area contributed by atoms with E-state index in [9.17, 15) is 9.59 Å². The summed E-state index contributed by atoms with van der Waals surface area (Å²) in [5.41, 5.74) is 1.48. The third-order valence-electron chi connectivity index (χ3n) is 3.12. The van der Waals surface area contributed by atoms with Crippen LogP contribution in [0.25, 0.3) is 0 Å². The van der Waals surface area contributed by atoms with Crippen LogP contribution in [-0.4, -0.2) is 18.2 Å². The summed E-state index contributed by atoms with van der Waals surface area (Å²) in [6, 6.07) is 5.43. The van der Waals surface area contributed by atoms with Gasteiger partial charge in [-0.3, -0.25) is 4.79 Å². The van der Waals surface area contributed by atoms with E-state index in [0.717, 1.165) is 24.2 Å². The number of Topliss-reactive ketones (excluding diaryl/α,β-unsaturated/α-hetero) is 1. The standard InChI is InChI=1S/C14H16O3.C3H8/c1-10-9-12(17-11-3-2-4-11)5-6-13(10)14(16)7-8-15;1-3-2/h5-6,8-9,11H,2-4,7H2,1H3;3H2,1-2H3. The predicted octanol–water partition coefficient (Wildman–Crippen LogP) is 4.11. The van der Waals surface area contributed by atoms with Gasteiger partial charge in [0, 0.05) is 5.56 Å². The second kappa shape index (κ2) is 8.51. The molecule has 20 heavy (non-hydrogen) atoms. The Morgan fingerprint density at radius 2 is 2.00 bits per heavy atom. The van der Waals surface area contributed by atoms with E-state index >= 15 is 0 Å². The van der Waals surface area contributed by atoms with Crippen molar-refractivity contribution in [3.63, 3.8) is 0 Å². The molecule has 1 aromatic carbocycles. The molecule has 110 valence electrons. The van der Waals surface area contributed by atoms with Crippen LogP contribution in [0.5, 0.6) is 5.75 Å². The highest BCUT2D eigenvalue weighted by Crippen LogP contribution is 2.26. The molecule has 0 spiro atoms. The molecule has 1 aliphatic rings. The summed E-state index contributed by atoms with van der Waals surface area (Å²) in [6.45, 7) is 6.12. The molecule has 2 rings (SSSR count). The average molecular weight is 276 g/mol. The Balaban J connectivity index is 0.000000612. The summed E-state index contributed by atoms with van der Waals surface area (Å²) in [4.78, 5) is 21.9. The molecule has 0 unspecified atom stereocenters. The molecule has 0 bridgehead atoms. The Bertz CT molecular complexity index is 448. The fourth-order valence-electron chi connectivity index (χ4n) is 1.89. The Hall–Kier alpha value is -1.64. The maximum atomic E-state index is 11.6. The van der Waals surface area contributed by atoms with Crippen LogP contribution < -0.4 is 4.74 Å². The number of hydrogen-bond donors (Lipinski definition) is 0. The van der Waals surface area contributed by atoms with Crippen LogP contribution in [-0.2, 0) is 4.79 Å². The van der Waals surface area contributed by atoms with Crippen LogP contribution in [0.3, 0.4) is 0 Å². The maximum absolute atomic E-state index is 11.6. The Kier molecular flexibility index (Phi) is 6.99. The lowest BCUT2D eigenvalue weighted by molar-refractivity contribution is -0.107. The Morgan fingerprint density at radius 3 is 2.45 bits per heavy atom. The number of hydrogen-bond acceptors (Lipinski definition) is 3. The first-order valence-corrected chi connectivity index (χ1v) is 7.36. The molecule has 0 radical (unpaired) electrons. The molecule has 1 aromatic rings. The van der Waals surface area contributed by atoms with Gasteiger partial charge in [-0.2, -0.15) is 0 Å².